The summed E-state index contributed by atoms with van der Waals surface area (Å²) in [6.45, 7) is 0. The van der Waals surface area contributed by atoms with E-state index >= 15 is 0 Å². The van der Waals surface area contributed by atoms with Crippen molar-refractivity contribution in [2.75, 3.05) is 0 Å². The fourth-order valence-corrected chi connectivity index (χ4v) is 2.88. The van der Waals surface area contributed by atoms with E-state index in [4.69, 9.17) is 0 Å². The Morgan fingerprint density at radius 2 is 1.86 bits per heavy atom. The van der Waals surface area contributed by atoms with Gasteiger partial charge in [0.2, 0.25) is 5.95 Å². The molecule has 4 aromatic heterocycles. The first-order valence-corrected chi connectivity index (χ1v) is 8.34. The van der Waals surface area contributed by atoms with Crippen LogP contribution in [-0.4, -0.2) is 19.9 Å². The molecule has 0 saturated carbocycles. The topological polar surface area (TPSA) is 54.5 Å². The van der Waals surface area contributed by atoms with Crippen molar-refractivity contribution in [1.29, 1.82) is 0 Å². The number of pyridine rings is 3. The highest BCUT2D eigenvalue weighted by Crippen LogP contribution is 2.27. The molecule has 1 N–H and O–H groups in total. The second-order valence-electron chi connectivity index (χ2n) is 6.20. The zero-order valence-corrected chi connectivity index (χ0v) is 14.3. The van der Waals surface area contributed by atoms with Gasteiger partial charge in [-0.1, -0.05) is 12.1 Å². The van der Waals surface area contributed by atoms with Gasteiger partial charge in [-0.15, -0.1) is 0 Å². The van der Waals surface area contributed by atoms with Gasteiger partial charge in [-0.05, 0) is 35.4 Å². The first-order chi connectivity index (χ1) is 13.4. The number of nitrogens with zero attached hydrogens (tertiary/aromatic N) is 3. The van der Waals surface area contributed by atoms with Gasteiger partial charge in [0.15, 0.2) is 0 Å². The van der Waals surface area contributed by atoms with Crippen molar-refractivity contribution < 1.29 is 17.6 Å². The summed E-state index contributed by atoms with van der Waals surface area (Å²) in [5, 5.41) is 0.911. The van der Waals surface area contributed by atoms with Gasteiger partial charge in [-0.2, -0.15) is 17.6 Å². The van der Waals surface area contributed by atoms with Crippen molar-refractivity contribution in [2.24, 2.45) is 0 Å². The predicted octanol–water partition coefficient (Wildman–Crippen LogP) is 4.70. The Labute approximate surface area is 157 Å². The van der Waals surface area contributed by atoms with Crippen LogP contribution in [0.15, 0.2) is 55.0 Å². The number of hydrogen-bond donors (Lipinski definition) is 1. The van der Waals surface area contributed by atoms with E-state index < -0.39 is 17.8 Å². The third-order valence-corrected chi connectivity index (χ3v) is 4.26. The molecule has 0 aliphatic heterocycles. The number of nitrogens with one attached hydrogen (secondary N) is 1. The van der Waals surface area contributed by atoms with E-state index in [1.807, 2.05) is 12.1 Å². The van der Waals surface area contributed by atoms with Gasteiger partial charge in [0.25, 0.3) is 0 Å². The molecule has 4 aromatic rings. The van der Waals surface area contributed by atoms with Crippen molar-refractivity contribution in [3.63, 3.8) is 0 Å². The fourth-order valence-electron chi connectivity index (χ4n) is 2.88. The largest absolute Gasteiger partial charge is 0.433 e. The molecule has 4 rings (SSSR count). The smallest absolute Gasteiger partial charge is 0.346 e. The number of halogens is 4. The maximum atomic E-state index is 14.4. The van der Waals surface area contributed by atoms with Gasteiger partial charge >= 0.3 is 6.18 Å². The third-order valence-electron chi connectivity index (χ3n) is 4.26. The van der Waals surface area contributed by atoms with Gasteiger partial charge in [0.05, 0.1) is 5.69 Å². The molecule has 0 fully saturated rings. The first kappa shape index (κ1) is 18.1. The molecule has 0 saturated heterocycles. The van der Waals surface area contributed by atoms with Crippen LogP contribution < -0.4 is 0 Å². The Kier molecular flexibility index (Phi) is 4.54. The lowest BCUT2D eigenvalue weighted by Gasteiger charge is -2.07. The van der Waals surface area contributed by atoms with Gasteiger partial charge in [-0.25, -0.2) is 9.97 Å². The highest BCUT2D eigenvalue weighted by atomic mass is 19.4. The Balaban J connectivity index is 1.51. The van der Waals surface area contributed by atoms with Crippen LogP contribution in [0.4, 0.5) is 17.6 Å². The standard InChI is InChI=1S/C20H13F4N4/c21-18-13(9-14-11-27-19-16(14)2-1-7-25-19)4-5-15(28-18)8-12-3-6-17(26-10-12)20(22,23)24/h1-8,10-11H,9H2,(H,25,27). The van der Waals surface area contributed by atoms with Gasteiger partial charge in [-0.3, -0.25) is 4.98 Å². The van der Waals surface area contributed by atoms with Crippen LogP contribution >= 0.6 is 0 Å². The van der Waals surface area contributed by atoms with Gasteiger partial charge in [0, 0.05) is 42.4 Å². The number of rotatable bonds is 4. The van der Waals surface area contributed by atoms with Gasteiger partial charge < -0.3 is 4.98 Å². The molecule has 28 heavy (non-hydrogen) atoms. The average Bonchev–Trinajstić information content (AvgIpc) is 3.07. The average molecular weight is 385 g/mol. The van der Waals surface area contributed by atoms with Crippen molar-refractivity contribution in [2.45, 2.75) is 12.6 Å². The summed E-state index contributed by atoms with van der Waals surface area (Å²) in [4.78, 5) is 14.5. The van der Waals surface area contributed by atoms with E-state index in [0.717, 1.165) is 28.9 Å². The molecular weight excluding hydrogens is 372 g/mol. The molecule has 0 spiro atoms. The number of alkyl halides is 3. The molecule has 8 heteroatoms. The lowest BCUT2D eigenvalue weighted by Crippen LogP contribution is -2.07. The van der Waals surface area contributed by atoms with E-state index in [1.54, 1.807) is 24.5 Å². The number of fused-ring (bicyclic) bond motifs is 1. The zero-order valence-electron chi connectivity index (χ0n) is 14.3. The molecule has 4 heterocycles. The van der Waals surface area contributed by atoms with E-state index in [9.17, 15) is 17.6 Å². The lowest BCUT2D eigenvalue weighted by atomic mass is 10.0. The molecular formula is C20H13F4N4. The molecule has 0 aliphatic rings. The molecule has 0 atom stereocenters. The van der Waals surface area contributed by atoms with Crippen LogP contribution in [0.25, 0.3) is 11.0 Å². The molecule has 0 unspecified atom stereocenters. The van der Waals surface area contributed by atoms with Crippen molar-refractivity contribution in [3.8, 4) is 0 Å². The number of hydrogen-bond acceptors (Lipinski definition) is 3. The van der Waals surface area contributed by atoms with Crippen LogP contribution in [0.5, 0.6) is 0 Å². The van der Waals surface area contributed by atoms with Crippen LogP contribution in [0, 0.1) is 12.4 Å². The summed E-state index contributed by atoms with van der Waals surface area (Å²) in [7, 11) is 0. The number of aromatic amines is 1. The Bertz CT molecular complexity index is 1120. The molecule has 0 bridgehead atoms. The van der Waals surface area contributed by atoms with Crippen LogP contribution in [-0.2, 0) is 12.6 Å². The highest BCUT2D eigenvalue weighted by molar-refractivity contribution is 5.79. The summed E-state index contributed by atoms with van der Waals surface area (Å²) in [5.74, 6) is -0.633. The molecule has 0 aliphatic carbocycles. The van der Waals surface area contributed by atoms with E-state index in [1.165, 1.54) is 12.5 Å². The summed E-state index contributed by atoms with van der Waals surface area (Å²) in [6.07, 6.45) is 1.84. The Morgan fingerprint density at radius 3 is 2.57 bits per heavy atom. The van der Waals surface area contributed by atoms with Crippen LogP contribution in [0.1, 0.15) is 28.1 Å². The maximum absolute atomic E-state index is 14.4. The minimum absolute atomic E-state index is 0.295. The Hall–Kier alpha value is -3.29. The normalized spacial score (nSPS) is 11.9. The second kappa shape index (κ2) is 7.03. The van der Waals surface area contributed by atoms with E-state index in [2.05, 4.69) is 19.9 Å². The zero-order chi connectivity index (χ0) is 19.7. The SMILES string of the molecule is Fc1nc([CH]c2ccc(C(F)(F)F)nc2)ccc1Cc1c[nH]c2ncccc12. The van der Waals surface area contributed by atoms with E-state index in [-0.39, 0.29) is 0 Å². The minimum Gasteiger partial charge on any atom is -0.346 e. The Morgan fingerprint density at radius 1 is 1.00 bits per heavy atom. The van der Waals surface area contributed by atoms with E-state index in [0.29, 0.717) is 23.2 Å². The van der Waals surface area contributed by atoms with Crippen molar-refractivity contribution in [1.82, 2.24) is 19.9 Å². The number of H-pyrrole nitrogens is 1. The molecule has 0 amide bonds. The molecule has 4 nitrogen and oxygen atoms in total. The molecule has 0 aromatic carbocycles. The number of aromatic nitrogens is 4. The quantitative estimate of drug-likeness (QED) is 0.409. The summed E-state index contributed by atoms with van der Waals surface area (Å²) in [5.41, 5.74) is 1.75. The monoisotopic (exact) mass is 385 g/mol. The minimum atomic E-state index is -4.50. The maximum Gasteiger partial charge on any atom is 0.433 e. The fraction of sp³-hybridized carbons (Fsp3) is 0.100. The lowest BCUT2D eigenvalue weighted by molar-refractivity contribution is -0.141. The van der Waals surface area contributed by atoms with Crippen LogP contribution in [0.2, 0.25) is 0 Å². The molecule has 141 valence electrons. The van der Waals surface area contributed by atoms with Crippen LogP contribution in [0.3, 0.4) is 0 Å². The second-order valence-corrected chi connectivity index (χ2v) is 6.20. The third kappa shape index (κ3) is 3.71. The summed E-state index contributed by atoms with van der Waals surface area (Å²) in [6, 6.07) is 9.08. The highest BCUT2D eigenvalue weighted by Gasteiger charge is 2.32. The summed E-state index contributed by atoms with van der Waals surface area (Å²) < 4.78 is 52.1. The molecule has 1 radical (unpaired) electrons. The van der Waals surface area contributed by atoms with Crippen molar-refractivity contribution in [3.05, 3.63) is 95.4 Å². The summed E-state index contributed by atoms with van der Waals surface area (Å²) >= 11 is 0. The van der Waals surface area contributed by atoms with Crippen molar-refractivity contribution >= 4 is 11.0 Å². The predicted molar refractivity (Wildman–Crippen MR) is 94.8 cm³/mol. The first-order valence-electron chi connectivity index (χ1n) is 8.34. The van der Waals surface area contributed by atoms with Gasteiger partial charge in [0.1, 0.15) is 11.3 Å².